The Morgan fingerprint density at radius 3 is 2.80 bits per heavy atom. The van der Waals surface area contributed by atoms with Crippen molar-refractivity contribution in [3.05, 3.63) is 22.4 Å². The van der Waals surface area contributed by atoms with Gasteiger partial charge in [-0.25, -0.2) is 0 Å². The van der Waals surface area contributed by atoms with Crippen molar-refractivity contribution in [2.75, 3.05) is 0 Å². The number of nitrogens with zero attached hydrogens (tertiary/aromatic N) is 1. The number of halogens is 1. The van der Waals surface area contributed by atoms with Crippen LogP contribution in [0.3, 0.4) is 0 Å². The van der Waals surface area contributed by atoms with E-state index < -0.39 is 0 Å². The highest BCUT2D eigenvalue weighted by Crippen LogP contribution is 2.26. The molecule has 1 aromatic heterocycles. The van der Waals surface area contributed by atoms with Crippen molar-refractivity contribution in [2.24, 2.45) is 0 Å². The fourth-order valence-electron chi connectivity index (χ4n) is 2.12. The molecular formula is C11H14ClNOS. The topological polar surface area (TPSA) is 20.3 Å². The summed E-state index contributed by atoms with van der Waals surface area (Å²) in [7, 11) is 0. The van der Waals surface area contributed by atoms with E-state index in [-0.39, 0.29) is 5.37 Å². The van der Waals surface area contributed by atoms with Crippen LogP contribution in [-0.4, -0.2) is 16.3 Å². The smallest absolute Gasteiger partial charge is 0.316 e. The number of thiophene rings is 1. The second kappa shape index (κ2) is 4.99. The normalized spacial score (nSPS) is 16.9. The van der Waals surface area contributed by atoms with Gasteiger partial charge < -0.3 is 4.90 Å². The first-order valence-electron chi connectivity index (χ1n) is 5.26. The number of hydrogen-bond acceptors (Lipinski definition) is 2. The van der Waals surface area contributed by atoms with Crippen molar-refractivity contribution in [1.82, 2.24) is 4.90 Å². The number of amides is 1. The van der Waals surface area contributed by atoms with E-state index in [1.54, 1.807) is 16.2 Å². The van der Waals surface area contributed by atoms with E-state index in [0.717, 1.165) is 12.8 Å². The lowest BCUT2D eigenvalue weighted by atomic mass is 10.2. The van der Waals surface area contributed by atoms with Gasteiger partial charge in [0.15, 0.2) is 0 Å². The van der Waals surface area contributed by atoms with Gasteiger partial charge in [0.05, 0.1) is 6.54 Å². The molecule has 1 aliphatic rings. The lowest BCUT2D eigenvalue weighted by Crippen LogP contribution is -2.34. The maximum Gasteiger partial charge on any atom is 0.316 e. The van der Waals surface area contributed by atoms with Gasteiger partial charge in [-0.15, -0.1) is 11.3 Å². The standard InChI is InChI=1S/C11H14ClNOS/c12-11(14)13(9-4-1-2-5-9)8-10-6-3-7-15-10/h3,6-7,9H,1-2,4-5,8H2. The predicted octanol–water partition coefficient (Wildman–Crippen LogP) is 3.85. The van der Waals surface area contributed by atoms with Crippen LogP contribution in [0.5, 0.6) is 0 Å². The first-order chi connectivity index (χ1) is 7.27. The Morgan fingerprint density at radius 2 is 2.27 bits per heavy atom. The lowest BCUT2D eigenvalue weighted by Gasteiger charge is -2.25. The van der Waals surface area contributed by atoms with E-state index in [0.29, 0.717) is 12.6 Å². The molecule has 0 bridgehead atoms. The van der Waals surface area contributed by atoms with Crippen LogP contribution >= 0.6 is 22.9 Å². The van der Waals surface area contributed by atoms with E-state index in [1.807, 2.05) is 17.5 Å². The minimum atomic E-state index is -0.310. The van der Waals surface area contributed by atoms with Gasteiger partial charge in [-0.2, -0.15) is 0 Å². The maximum atomic E-state index is 11.4. The molecule has 15 heavy (non-hydrogen) atoms. The summed E-state index contributed by atoms with van der Waals surface area (Å²) in [4.78, 5) is 14.4. The van der Waals surface area contributed by atoms with Crippen molar-refractivity contribution in [3.63, 3.8) is 0 Å². The van der Waals surface area contributed by atoms with E-state index in [4.69, 9.17) is 11.6 Å². The zero-order chi connectivity index (χ0) is 10.7. The van der Waals surface area contributed by atoms with Gasteiger partial charge in [-0.3, -0.25) is 4.79 Å². The first kappa shape index (κ1) is 11.0. The summed E-state index contributed by atoms with van der Waals surface area (Å²) in [5.41, 5.74) is 0. The molecule has 4 heteroatoms. The minimum Gasteiger partial charge on any atom is -0.321 e. The van der Waals surface area contributed by atoms with Gasteiger partial charge in [-0.1, -0.05) is 18.9 Å². The molecule has 0 aromatic carbocycles. The number of carbonyl (C=O) groups is 1. The monoisotopic (exact) mass is 243 g/mol. The molecule has 2 rings (SSSR count). The largest absolute Gasteiger partial charge is 0.321 e. The summed E-state index contributed by atoms with van der Waals surface area (Å²) in [5, 5.41) is 1.72. The SMILES string of the molecule is O=C(Cl)N(Cc1cccs1)C1CCCC1. The first-order valence-corrected chi connectivity index (χ1v) is 6.51. The molecule has 2 nitrogen and oxygen atoms in total. The van der Waals surface area contributed by atoms with Crippen molar-refractivity contribution in [1.29, 1.82) is 0 Å². The zero-order valence-corrected chi connectivity index (χ0v) is 10.1. The highest BCUT2D eigenvalue weighted by atomic mass is 35.5. The highest BCUT2D eigenvalue weighted by Gasteiger charge is 2.25. The van der Waals surface area contributed by atoms with Crippen LogP contribution in [0, 0.1) is 0 Å². The third-order valence-electron chi connectivity index (χ3n) is 2.90. The Bertz CT molecular complexity index is 319. The number of hydrogen-bond donors (Lipinski definition) is 0. The van der Waals surface area contributed by atoms with Gasteiger partial charge in [0.25, 0.3) is 0 Å². The lowest BCUT2D eigenvalue weighted by molar-refractivity contribution is 0.195. The van der Waals surface area contributed by atoms with Crippen LogP contribution in [0.15, 0.2) is 17.5 Å². The number of carbonyl (C=O) groups excluding carboxylic acids is 1. The fourth-order valence-corrected chi connectivity index (χ4v) is 3.02. The van der Waals surface area contributed by atoms with Gasteiger partial charge in [0, 0.05) is 10.9 Å². The average Bonchev–Trinajstić information content (AvgIpc) is 2.87. The molecule has 1 fully saturated rings. The Labute approximate surface area is 98.8 Å². The van der Waals surface area contributed by atoms with Crippen LogP contribution in [0.4, 0.5) is 4.79 Å². The average molecular weight is 244 g/mol. The molecule has 1 aromatic rings. The van der Waals surface area contributed by atoms with E-state index in [2.05, 4.69) is 0 Å². The van der Waals surface area contributed by atoms with Crippen LogP contribution in [0.25, 0.3) is 0 Å². The number of rotatable bonds is 3. The van der Waals surface area contributed by atoms with Crippen LogP contribution in [-0.2, 0) is 6.54 Å². The van der Waals surface area contributed by atoms with Gasteiger partial charge in [-0.05, 0) is 35.9 Å². The summed E-state index contributed by atoms with van der Waals surface area (Å²) in [6, 6.07) is 4.41. The molecule has 0 N–H and O–H groups in total. The molecule has 0 radical (unpaired) electrons. The Kier molecular flexibility index (Phi) is 3.65. The van der Waals surface area contributed by atoms with Crippen molar-refractivity contribution < 1.29 is 4.79 Å². The van der Waals surface area contributed by atoms with Crippen LogP contribution in [0.1, 0.15) is 30.6 Å². The highest BCUT2D eigenvalue weighted by molar-refractivity contribution is 7.09. The van der Waals surface area contributed by atoms with Crippen molar-refractivity contribution >= 4 is 28.3 Å². The van der Waals surface area contributed by atoms with E-state index in [1.165, 1.54) is 17.7 Å². The summed E-state index contributed by atoms with van der Waals surface area (Å²) >= 11 is 7.31. The molecule has 0 atom stereocenters. The summed E-state index contributed by atoms with van der Waals surface area (Å²) in [6.07, 6.45) is 4.64. The van der Waals surface area contributed by atoms with Gasteiger partial charge in [0.1, 0.15) is 0 Å². The molecule has 0 aliphatic heterocycles. The molecule has 0 saturated heterocycles. The molecule has 82 valence electrons. The quantitative estimate of drug-likeness (QED) is 0.583. The van der Waals surface area contributed by atoms with Crippen LogP contribution < -0.4 is 0 Å². The molecule has 1 saturated carbocycles. The molecule has 0 spiro atoms. The molecule has 0 unspecified atom stereocenters. The van der Waals surface area contributed by atoms with Gasteiger partial charge in [0.2, 0.25) is 0 Å². The van der Waals surface area contributed by atoms with Crippen LogP contribution in [0.2, 0.25) is 0 Å². The molecule has 1 heterocycles. The van der Waals surface area contributed by atoms with Crippen molar-refractivity contribution in [3.8, 4) is 0 Å². The Hall–Kier alpha value is -0.540. The minimum absolute atomic E-state index is 0.310. The Balaban J connectivity index is 2.03. The van der Waals surface area contributed by atoms with Gasteiger partial charge >= 0.3 is 5.37 Å². The van der Waals surface area contributed by atoms with E-state index >= 15 is 0 Å². The fraction of sp³-hybridized carbons (Fsp3) is 0.545. The molecule has 1 aliphatic carbocycles. The summed E-state index contributed by atoms with van der Waals surface area (Å²) in [6.45, 7) is 0.671. The summed E-state index contributed by atoms with van der Waals surface area (Å²) < 4.78 is 0. The summed E-state index contributed by atoms with van der Waals surface area (Å²) in [5.74, 6) is 0. The third-order valence-corrected chi connectivity index (χ3v) is 3.98. The maximum absolute atomic E-state index is 11.4. The molecular weight excluding hydrogens is 230 g/mol. The predicted molar refractivity (Wildman–Crippen MR) is 63.4 cm³/mol. The van der Waals surface area contributed by atoms with Crippen molar-refractivity contribution in [2.45, 2.75) is 38.3 Å². The molecule has 1 amide bonds. The Morgan fingerprint density at radius 1 is 1.53 bits per heavy atom. The third kappa shape index (κ3) is 2.73. The zero-order valence-electron chi connectivity index (χ0n) is 8.49. The second-order valence-corrected chi connectivity index (χ2v) is 5.25. The van der Waals surface area contributed by atoms with E-state index in [9.17, 15) is 4.79 Å². The second-order valence-electron chi connectivity index (χ2n) is 3.90.